The lowest BCUT2D eigenvalue weighted by Crippen LogP contribution is -2.20. The minimum absolute atomic E-state index is 0.193. The number of benzene rings is 1. The standard InChI is InChI=1S/C17H14N2S2/c18-10-13-9-15(21-12-13)11-19-17(16-7-4-8-20-16)14-5-2-1-3-6-14/h1-9,12,17,19H,11H2. The first-order chi connectivity index (χ1) is 10.4. The van der Waals surface area contributed by atoms with E-state index in [0.29, 0.717) is 0 Å². The molecule has 0 aliphatic heterocycles. The minimum Gasteiger partial charge on any atom is -0.301 e. The van der Waals surface area contributed by atoms with E-state index in [2.05, 4.69) is 53.2 Å². The Morgan fingerprint density at radius 2 is 1.95 bits per heavy atom. The molecule has 104 valence electrons. The van der Waals surface area contributed by atoms with Crippen molar-refractivity contribution in [3.05, 3.63) is 80.2 Å². The highest BCUT2D eigenvalue weighted by Crippen LogP contribution is 2.26. The lowest BCUT2D eigenvalue weighted by molar-refractivity contribution is 0.618. The molecule has 1 atom stereocenters. The molecule has 2 heterocycles. The molecule has 0 spiro atoms. The fraction of sp³-hybridized carbons (Fsp3) is 0.118. The molecule has 3 aromatic rings. The number of hydrogen-bond acceptors (Lipinski definition) is 4. The van der Waals surface area contributed by atoms with E-state index in [9.17, 15) is 0 Å². The van der Waals surface area contributed by atoms with Crippen LogP contribution in [0.3, 0.4) is 0 Å². The summed E-state index contributed by atoms with van der Waals surface area (Å²) in [5.41, 5.74) is 2.00. The lowest BCUT2D eigenvalue weighted by Gasteiger charge is -2.17. The highest BCUT2D eigenvalue weighted by molar-refractivity contribution is 7.10. The summed E-state index contributed by atoms with van der Waals surface area (Å²) >= 11 is 3.39. The molecule has 2 aromatic heterocycles. The van der Waals surface area contributed by atoms with Gasteiger partial charge in [0.25, 0.3) is 0 Å². The van der Waals surface area contributed by atoms with Crippen LogP contribution in [0.4, 0.5) is 0 Å². The van der Waals surface area contributed by atoms with Crippen LogP contribution in [0.15, 0.2) is 59.3 Å². The van der Waals surface area contributed by atoms with Gasteiger partial charge >= 0.3 is 0 Å². The molecule has 3 rings (SSSR count). The summed E-state index contributed by atoms with van der Waals surface area (Å²) in [7, 11) is 0. The molecule has 0 fully saturated rings. The normalized spacial score (nSPS) is 12.0. The molecule has 0 saturated heterocycles. The van der Waals surface area contributed by atoms with Crippen molar-refractivity contribution < 1.29 is 0 Å². The van der Waals surface area contributed by atoms with Crippen molar-refractivity contribution in [2.24, 2.45) is 0 Å². The van der Waals surface area contributed by atoms with Gasteiger partial charge in [-0.1, -0.05) is 36.4 Å². The molecule has 0 amide bonds. The Labute approximate surface area is 132 Å². The monoisotopic (exact) mass is 310 g/mol. The summed E-state index contributed by atoms with van der Waals surface area (Å²) in [6.45, 7) is 0.768. The van der Waals surface area contributed by atoms with Crippen LogP contribution in [0.5, 0.6) is 0 Å². The van der Waals surface area contributed by atoms with Gasteiger partial charge in [0, 0.05) is 21.7 Å². The summed E-state index contributed by atoms with van der Waals surface area (Å²) in [5.74, 6) is 0. The van der Waals surface area contributed by atoms with E-state index in [-0.39, 0.29) is 6.04 Å². The quantitative estimate of drug-likeness (QED) is 0.750. The summed E-state index contributed by atoms with van der Waals surface area (Å²) in [6.07, 6.45) is 0. The average molecular weight is 310 g/mol. The zero-order valence-corrected chi connectivity index (χ0v) is 13.0. The Hall–Kier alpha value is -1.93. The predicted octanol–water partition coefficient (Wildman–Crippen LogP) is 4.56. The van der Waals surface area contributed by atoms with Gasteiger partial charge in [-0.25, -0.2) is 0 Å². The first kappa shape index (κ1) is 14.0. The van der Waals surface area contributed by atoms with E-state index in [1.165, 1.54) is 15.3 Å². The van der Waals surface area contributed by atoms with Crippen molar-refractivity contribution in [1.29, 1.82) is 5.26 Å². The Kier molecular flexibility index (Phi) is 4.46. The molecule has 21 heavy (non-hydrogen) atoms. The number of nitriles is 1. The van der Waals surface area contributed by atoms with Gasteiger partial charge < -0.3 is 5.32 Å². The zero-order valence-electron chi connectivity index (χ0n) is 11.3. The summed E-state index contributed by atoms with van der Waals surface area (Å²) in [6, 6.07) is 19.0. The van der Waals surface area contributed by atoms with Crippen LogP contribution < -0.4 is 5.32 Å². The Morgan fingerprint density at radius 1 is 1.10 bits per heavy atom. The van der Waals surface area contributed by atoms with Crippen LogP contribution in [0.2, 0.25) is 0 Å². The first-order valence-electron chi connectivity index (χ1n) is 6.66. The topological polar surface area (TPSA) is 35.8 Å². The Balaban J connectivity index is 1.79. The van der Waals surface area contributed by atoms with Gasteiger partial charge in [0.15, 0.2) is 0 Å². The number of thiophene rings is 2. The lowest BCUT2D eigenvalue weighted by atomic mass is 10.1. The van der Waals surface area contributed by atoms with E-state index in [4.69, 9.17) is 5.26 Å². The molecule has 0 aliphatic rings. The fourth-order valence-corrected chi connectivity index (χ4v) is 3.81. The Bertz CT molecular complexity index is 724. The van der Waals surface area contributed by atoms with Crippen molar-refractivity contribution in [3.8, 4) is 6.07 Å². The maximum absolute atomic E-state index is 8.89. The molecule has 0 radical (unpaired) electrons. The third-order valence-corrected chi connectivity index (χ3v) is 5.10. The number of rotatable bonds is 5. The fourth-order valence-electron chi connectivity index (χ4n) is 2.22. The average Bonchev–Trinajstić information content (AvgIpc) is 3.20. The summed E-state index contributed by atoms with van der Waals surface area (Å²) < 4.78 is 0. The maximum Gasteiger partial charge on any atom is 0.100 e. The molecule has 2 nitrogen and oxygen atoms in total. The third kappa shape index (κ3) is 3.40. The van der Waals surface area contributed by atoms with Gasteiger partial charge in [-0.05, 0) is 23.1 Å². The second kappa shape index (κ2) is 6.68. The van der Waals surface area contributed by atoms with Crippen LogP contribution in [-0.2, 0) is 6.54 Å². The van der Waals surface area contributed by atoms with E-state index >= 15 is 0 Å². The molecule has 4 heteroatoms. The zero-order chi connectivity index (χ0) is 14.5. The summed E-state index contributed by atoms with van der Waals surface area (Å²) in [5, 5.41) is 16.5. The van der Waals surface area contributed by atoms with E-state index < -0.39 is 0 Å². The smallest absolute Gasteiger partial charge is 0.100 e. The van der Waals surface area contributed by atoms with Crippen LogP contribution >= 0.6 is 22.7 Å². The minimum atomic E-state index is 0.193. The number of nitrogens with one attached hydrogen (secondary N) is 1. The third-order valence-electron chi connectivity index (χ3n) is 3.22. The van der Waals surface area contributed by atoms with Crippen molar-refractivity contribution in [2.45, 2.75) is 12.6 Å². The molecule has 1 aromatic carbocycles. The van der Waals surface area contributed by atoms with Crippen LogP contribution in [-0.4, -0.2) is 0 Å². The van der Waals surface area contributed by atoms with Crippen LogP contribution in [0.1, 0.15) is 26.9 Å². The molecule has 1 unspecified atom stereocenters. The second-order valence-corrected chi connectivity index (χ2v) is 6.63. The molecule has 1 N–H and O–H groups in total. The van der Waals surface area contributed by atoms with Gasteiger partial charge in [0.1, 0.15) is 6.07 Å². The first-order valence-corrected chi connectivity index (χ1v) is 8.42. The maximum atomic E-state index is 8.89. The molecule has 0 bridgehead atoms. The van der Waals surface area contributed by atoms with Crippen molar-refractivity contribution >= 4 is 22.7 Å². The molecular weight excluding hydrogens is 296 g/mol. The van der Waals surface area contributed by atoms with Gasteiger partial charge in [0.2, 0.25) is 0 Å². The van der Waals surface area contributed by atoms with E-state index in [1.54, 1.807) is 22.7 Å². The van der Waals surface area contributed by atoms with Crippen LogP contribution in [0.25, 0.3) is 0 Å². The van der Waals surface area contributed by atoms with Crippen molar-refractivity contribution in [3.63, 3.8) is 0 Å². The molecule has 0 aliphatic carbocycles. The van der Waals surface area contributed by atoms with Gasteiger partial charge in [-0.15, -0.1) is 22.7 Å². The second-order valence-electron chi connectivity index (χ2n) is 4.65. The highest BCUT2D eigenvalue weighted by Gasteiger charge is 2.14. The molecular formula is C17H14N2S2. The number of hydrogen-bond donors (Lipinski definition) is 1. The molecule has 0 saturated carbocycles. The van der Waals surface area contributed by atoms with E-state index in [0.717, 1.165) is 12.1 Å². The van der Waals surface area contributed by atoms with Crippen molar-refractivity contribution in [2.75, 3.05) is 0 Å². The van der Waals surface area contributed by atoms with Gasteiger partial charge in [-0.3, -0.25) is 0 Å². The summed E-state index contributed by atoms with van der Waals surface area (Å²) in [4.78, 5) is 2.49. The van der Waals surface area contributed by atoms with Gasteiger partial charge in [0.05, 0.1) is 11.6 Å². The van der Waals surface area contributed by atoms with Gasteiger partial charge in [-0.2, -0.15) is 5.26 Å². The highest BCUT2D eigenvalue weighted by atomic mass is 32.1. The van der Waals surface area contributed by atoms with E-state index in [1.807, 2.05) is 17.5 Å². The van der Waals surface area contributed by atoms with Crippen molar-refractivity contribution in [1.82, 2.24) is 5.32 Å². The predicted molar refractivity (Wildman–Crippen MR) is 88.5 cm³/mol. The van der Waals surface area contributed by atoms with Crippen LogP contribution in [0, 0.1) is 11.3 Å². The SMILES string of the molecule is N#Cc1csc(CNC(c2ccccc2)c2cccs2)c1. The number of nitrogens with zero attached hydrogens (tertiary/aromatic N) is 1. The Morgan fingerprint density at radius 3 is 2.62 bits per heavy atom. The largest absolute Gasteiger partial charge is 0.301 e.